The number of hydrogen-bond donors (Lipinski definition) is 0. The smallest absolute Gasteiger partial charge is 0.137 e. The van der Waals surface area contributed by atoms with E-state index < -0.39 is 0 Å². The largest absolute Gasteiger partial charge is 0.321 e. The van der Waals surface area contributed by atoms with Gasteiger partial charge in [0, 0.05) is 38.0 Å². The number of pyridine rings is 1. The highest BCUT2D eigenvalue weighted by atomic mass is 32.2. The Bertz CT molecular complexity index is 2700. The van der Waals surface area contributed by atoms with Gasteiger partial charge in [0.25, 0.3) is 0 Å². The van der Waals surface area contributed by atoms with Crippen molar-refractivity contribution in [1.82, 2.24) is 9.55 Å². The number of benzene rings is 6. The van der Waals surface area contributed by atoms with Crippen LogP contribution in [-0.2, 0) is 10.8 Å². The van der Waals surface area contributed by atoms with Gasteiger partial charge in [0.1, 0.15) is 12.5 Å². The van der Waals surface area contributed by atoms with Crippen LogP contribution in [0.15, 0.2) is 168 Å². The average Bonchev–Trinajstić information content (AvgIpc) is 3.74. The molecule has 0 fully saturated rings. The molecule has 272 valence electrons. The molecule has 1 aliphatic heterocycles. The molecule has 0 spiro atoms. The van der Waals surface area contributed by atoms with Crippen molar-refractivity contribution >= 4 is 56.3 Å². The predicted octanol–water partition coefficient (Wildman–Crippen LogP) is 13.8. The van der Waals surface area contributed by atoms with E-state index in [-0.39, 0.29) is 10.8 Å². The minimum absolute atomic E-state index is 0.0238. The van der Waals surface area contributed by atoms with Gasteiger partial charge in [-0.15, -0.1) is 0 Å². The van der Waals surface area contributed by atoms with Gasteiger partial charge in [0.15, 0.2) is 0 Å². The molecule has 5 heteroatoms. The van der Waals surface area contributed by atoms with Crippen molar-refractivity contribution < 1.29 is 0 Å². The summed E-state index contributed by atoms with van der Waals surface area (Å²) in [5.41, 5.74) is 12.3. The van der Waals surface area contributed by atoms with Crippen LogP contribution in [0.5, 0.6) is 0 Å². The zero-order valence-electron chi connectivity index (χ0n) is 32.4. The number of anilines is 4. The van der Waals surface area contributed by atoms with E-state index in [0.717, 1.165) is 11.3 Å². The Morgan fingerprint density at radius 3 is 1.96 bits per heavy atom. The maximum absolute atomic E-state index is 4.90. The monoisotopic (exact) mass is 734 g/mol. The molecule has 0 radical (unpaired) electrons. The summed E-state index contributed by atoms with van der Waals surface area (Å²) in [7, 11) is 0. The lowest BCUT2D eigenvalue weighted by molar-refractivity contribution is 0.588. The molecule has 0 saturated heterocycles. The minimum atomic E-state index is 0.0238. The zero-order valence-corrected chi connectivity index (χ0v) is 33.2. The first kappa shape index (κ1) is 35.0. The Labute approximate surface area is 329 Å². The molecular formula is C50H46N4S. The van der Waals surface area contributed by atoms with Crippen LogP contribution in [-0.4, -0.2) is 16.2 Å². The van der Waals surface area contributed by atoms with Gasteiger partial charge in [-0.3, -0.25) is 4.57 Å². The second kappa shape index (κ2) is 13.5. The Hall–Kier alpha value is -5.78. The molecule has 0 aliphatic carbocycles. The SMILES string of the molecule is CC(C)(C)c1ccnc(-n2c3ccccc3c3ccc(Sc4cccc(N5CN(c6cc(C(C)(C)C)ccc6-c6ccccc6)c6ccccc65)c4)cc32)c1. The fourth-order valence-corrected chi connectivity index (χ4v) is 8.75. The van der Waals surface area contributed by atoms with Crippen LogP contribution in [0, 0.1) is 0 Å². The highest BCUT2D eigenvalue weighted by Gasteiger charge is 2.30. The van der Waals surface area contributed by atoms with Crippen LogP contribution < -0.4 is 9.80 Å². The first-order chi connectivity index (χ1) is 26.5. The van der Waals surface area contributed by atoms with Crippen LogP contribution in [0.4, 0.5) is 22.7 Å². The second-order valence-corrected chi connectivity index (χ2v) is 17.8. The van der Waals surface area contributed by atoms with E-state index in [2.05, 4.69) is 208 Å². The molecule has 0 N–H and O–H groups in total. The fraction of sp³-hybridized carbons (Fsp3) is 0.180. The lowest BCUT2D eigenvalue weighted by atomic mass is 9.85. The van der Waals surface area contributed by atoms with Crippen molar-refractivity contribution in [2.45, 2.75) is 62.2 Å². The fourth-order valence-electron chi connectivity index (χ4n) is 7.84. The van der Waals surface area contributed by atoms with Crippen molar-refractivity contribution in [3.63, 3.8) is 0 Å². The summed E-state index contributed by atoms with van der Waals surface area (Å²) in [5, 5.41) is 2.47. The van der Waals surface area contributed by atoms with Gasteiger partial charge in [-0.2, -0.15) is 0 Å². The summed E-state index contributed by atoms with van der Waals surface area (Å²) in [6, 6.07) is 55.5. The Kier molecular flexibility index (Phi) is 8.58. The topological polar surface area (TPSA) is 24.3 Å². The Morgan fingerprint density at radius 2 is 1.18 bits per heavy atom. The van der Waals surface area contributed by atoms with Crippen LogP contribution in [0.1, 0.15) is 52.7 Å². The zero-order chi connectivity index (χ0) is 37.9. The molecule has 4 nitrogen and oxygen atoms in total. The number of fused-ring (bicyclic) bond motifs is 4. The number of aromatic nitrogens is 2. The highest BCUT2D eigenvalue weighted by Crippen LogP contribution is 2.48. The minimum Gasteiger partial charge on any atom is -0.321 e. The normalized spacial score (nSPS) is 13.2. The van der Waals surface area contributed by atoms with Gasteiger partial charge in [-0.1, -0.05) is 138 Å². The third kappa shape index (κ3) is 6.47. The van der Waals surface area contributed by atoms with Gasteiger partial charge < -0.3 is 9.80 Å². The van der Waals surface area contributed by atoms with E-state index in [0.29, 0.717) is 6.67 Å². The van der Waals surface area contributed by atoms with Crippen molar-refractivity contribution in [2.24, 2.45) is 0 Å². The molecule has 8 aromatic rings. The maximum atomic E-state index is 4.90. The Morgan fingerprint density at radius 1 is 0.509 bits per heavy atom. The lowest BCUT2D eigenvalue weighted by Gasteiger charge is -2.27. The number of nitrogens with zero attached hydrogens (tertiary/aromatic N) is 4. The van der Waals surface area contributed by atoms with E-state index >= 15 is 0 Å². The van der Waals surface area contributed by atoms with Crippen LogP contribution in [0.2, 0.25) is 0 Å². The van der Waals surface area contributed by atoms with Crippen molar-refractivity contribution in [1.29, 1.82) is 0 Å². The Balaban J connectivity index is 1.09. The van der Waals surface area contributed by atoms with Gasteiger partial charge in [0.2, 0.25) is 0 Å². The number of hydrogen-bond acceptors (Lipinski definition) is 4. The second-order valence-electron chi connectivity index (χ2n) is 16.6. The van der Waals surface area contributed by atoms with Crippen LogP contribution in [0.25, 0.3) is 38.8 Å². The number of para-hydroxylation sites is 3. The molecule has 0 bridgehead atoms. The summed E-state index contributed by atoms with van der Waals surface area (Å²) in [4.78, 5) is 12.2. The third-order valence-corrected chi connectivity index (χ3v) is 11.8. The van der Waals surface area contributed by atoms with Crippen LogP contribution >= 0.6 is 11.8 Å². The molecule has 1 aliphatic rings. The van der Waals surface area contributed by atoms with Crippen LogP contribution in [0.3, 0.4) is 0 Å². The molecule has 0 amide bonds. The molecule has 0 saturated carbocycles. The van der Waals surface area contributed by atoms with Crippen molar-refractivity contribution in [2.75, 3.05) is 16.5 Å². The van der Waals surface area contributed by atoms with Crippen molar-refractivity contribution in [3.05, 3.63) is 169 Å². The molecule has 9 rings (SSSR count). The van der Waals surface area contributed by atoms with Crippen molar-refractivity contribution in [3.8, 4) is 16.9 Å². The summed E-state index contributed by atoms with van der Waals surface area (Å²) < 4.78 is 2.33. The van der Waals surface area contributed by atoms with E-state index in [4.69, 9.17) is 4.98 Å². The van der Waals surface area contributed by atoms with Gasteiger partial charge in [0.05, 0.1) is 28.1 Å². The maximum Gasteiger partial charge on any atom is 0.137 e. The third-order valence-electron chi connectivity index (χ3n) is 10.8. The summed E-state index contributed by atoms with van der Waals surface area (Å²) in [6.07, 6.45) is 1.95. The van der Waals surface area contributed by atoms with Gasteiger partial charge in [-0.25, -0.2) is 4.98 Å². The van der Waals surface area contributed by atoms with Gasteiger partial charge >= 0.3 is 0 Å². The molecule has 55 heavy (non-hydrogen) atoms. The molecule has 2 aromatic heterocycles. The molecule has 3 heterocycles. The van der Waals surface area contributed by atoms with E-state index in [9.17, 15) is 0 Å². The standard InChI is InChI=1S/C50H46N4S/c1-49(2,3)35-23-25-40(34-15-8-7-9-16-34)46(29-35)53-33-52(44-21-12-13-22-45(44)53)37-17-14-18-38(31-37)55-39-24-26-42-41-19-10-11-20-43(41)54(47(42)32-39)48-30-36(27-28-51-48)50(4,5)6/h7-32H,33H2,1-6H3. The van der Waals surface area contributed by atoms with E-state index in [1.807, 2.05) is 6.20 Å². The molecule has 0 atom stereocenters. The number of rotatable bonds is 6. The van der Waals surface area contributed by atoms with E-state index in [1.165, 1.54) is 71.1 Å². The predicted molar refractivity (Wildman–Crippen MR) is 234 cm³/mol. The quantitative estimate of drug-likeness (QED) is 0.170. The highest BCUT2D eigenvalue weighted by molar-refractivity contribution is 7.99. The first-order valence-corrected chi connectivity index (χ1v) is 20.0. The first-order valence-electron chi connectivity index (χ1n) is 19.1. The molecule has 6 aromatic carbocycles. The molecule has 0 unspecified atom stereocenters. The summed E-state index contributed by atoms with van der Waals surface area (Å²) in [5.74, 6) is 0.948. The lowest BCUT2D eigenvalue weighted by Crippen LogP contribution is -2.25. The van der Waals surface area contributed by atoms with Gasteiger partial charge in [-0.05, 0) is 94.3 Å². The van der Waals surface area contributed by atoms with E-state index in [1.54, 1.807) is 11.8 Å². The summed E-state index contributed by atoms with van der Waals surface area (Å²) >= 11 is 1.81. The summed E-state index contributed by atoms with van der Waals surface area (Å²) in [6.45, 7) is 14.4. The molecular weight excluding hydrogens is 689 g/mol. The average molecular weight is 735 g/mol.